The molecular weight excluding hydrogens is 354 g/mol. The summed E-state index contributed by atoms with van der Waals surface area (Å²) in [4.78, 5) is 14.1. The molecule has 1 saturated heterocycles. The summed E-state index contributed by atoms with van der Waals surface area (Å²) >= 11 is 0. The monoisotopic (exact) mass is 382 g/mol. The van der Waals surface area contributed by atoms with E-state index in [1.54, 1.807) is 23.1 Å². The van der Waals surface area contributed by atoms with Gasteiger partial charge in [0, 0.05) is 5.56 Å². The summed E-state index contributed by atoms with van der Waals surface area (Å²) in [5.41, 5.74) is 0.998. The van der Waals surface area contributed by atoms with Gasteiger partial charge in [0.15, 0.2) is 0 Å². The van der Waals surface area contributed by atoms with E-state index < -0.39 is 5.92 Å². The highest BCUT2D eigenvalue weighted by atomic mass is 19.3. The highest BCUT2D eigenvalue weighted by Crippen LogP contribution is 2.39. The first-order valence-corrected chi connectivity index (χ1v) is 9.59. The van der Waals surface area contributed by atoms with Crippen LogP contribution < -0.4 is 15.0 Å². The van der Waals surface area contributed by atoms with Crippen LogP contribution in [0.1, 0.15) is 43.5 Å². The van der Waals surface area contributed by atoms with Gasteiger partial charge in [0.05, 0.1) is 38.0 Å². The van der Waals surface area contributed by atoms with Crippen LogP contribution in [0.4, 0.5) is 14.5 Å². The Morgan fingerprint density at radius 3 is 2.63 bits per heavy atom. The van der Waals surface area contributed by atoms with E-state index in [9.17, 15) is 18.7 Å². The van der Waals surface area contributed by atoms with Crippen molar-refractivity contribution in [2.75, 3.05) is 31.2 Å². The maximum atomic E-state index is 13.3. The van der Waals surface area contributed by atoms with E-state index in [0.717, 1.165) is 12.8 Å². The fourth-order valence-corrected chi connectivity index (χ4v) is 3.22. The molecule has 0 radical (unpaired) electrons. The predicted octanol–water partition coefficient (Wildman–Crippen LogP) is 3.07. The Balaban J connectivity index is 1.73. The minimum Gasteiger partial charge on any atom is -0.491 e. The number of amides is 1. The first kappa shape index (κ1) is 19.9. The van der Waals surface area contributed by atoms with Crippen molar-refractivity contribution in [1.82, 2.24) is 5.32 Å². The van der Waals surface area contributed by atoms with E-state index in [-0.39, 0.29) is 31.6 Å². The fraction of sp³-hybridized carbons (Fsp3) is 0.650. The van der Waals surface area contributed by atoms with Crippen LogP contribution in [0.3, 0.4) is 0 Å². The minimum atomic E-state index is -2.67. The molecule has 1 aromatic rings. The van der Waals surface area contributed by atoms with E-state index in [0.29, 0.717) is 41.9 Å². The molecule has 27 heavy (non-hydrogen) atoms. The van der Waals surface area contributed by atoms with E-state index in [2.05, 4.69) is 5.32 Å². The molecule has 7 heteroatoms. The maximum Gasteiger partial charge on any atom is 0.282 e. The molecule has 0 spiro atoms. The zero-order valence-corrected chi connectivity index (χ0v) is 15.9. The summed E-state index contributed by atoms with van der Waals surface area (Å²) in [6.07, 6.45) is 2.91. The molecule has 0 aromatic heterocycles. The van der Waals surface area contributed by atoms with Gasteiger partial charge >= 0.3 is 0 Å². The molecule has 1 saturated carbocycles. The molecule has 1 atom stereocenters. The van der Waals surface area contributed by atoms with Gasteiger partial charge in [0.2, 0.25) is 0 Å². The second-order valence-electron chi connectivity index (χ2n) is 8.13. The van der Waals surface area contributed by atoms with E-state index in [4.69, 9.17) is 4.74 Å². The van der Waals surface area contributed by atoms with Crippen LogP contribution in [0, 0.1) is 11.8 Å². The molecule has 2 aliphatic rings. The molecular formula is C20H28F2N2O3. The van der Waals surface area contributed by atoms with E-state index in [1.807, 2.05) is 13.8 Å². The third kappa shape index (κ3) is 5.31. The number of ether oxygens (including phenoxy) is 1. The molecule has 1 aliphatic carbocycles. The number of rotatable bonds is 9. The quantitative estimate of drug-likeness (QED) is 0.689. The largest absolute Gasteiger partial charge is 0.491 e. The predicted molar refractivity (Wildman–Crippen MR) is 99.6 cm³/mol. The number of nitrogens with zero attached hydrogens (tertiary/aromatic N) is 1. The Labute approximate surface area is 158 Å². The van der Waals surface area contributed by atoms with Crippen molar-refractivity contribution in [1.29, 1.82) is 0 Å². The number of halogens is 2. The van der Waals surface area contributed by atoms with Crippen molar-refractivity contribution >= 4 is 11.6 Å². The van der Waals surface area contributed by atoms with Gasteiger partial charge in [-0.05, 0) is 49.3 Å². The molecule has 3 rings (SSSR count). The lowest BCUT2D eigenvalue weighted by atomic mass is 10.0. The topological polar surface area (TPSA) is 61.8 Å². The molecule has 1 heterocycles. The lowest BCUT2D eigenvalue weighted by Crippen LogP contribution is -2.56. The zero-order chi connectivity index (χ0) is 19.6. The van der Waals surface area contributed by atoms with Crippen LogP contribution in [0.2, 0.25) is 0 Å². The third-order valence-corrected chi connectivity index (χ3v) is 4.89. The van der Waals surface area contributed by atoms with Crippen molar-refractivity contribution in [3.05, 3.63) is 23.8 Å². The van der Waals surface area contributed by atoms with Crippen LogP contribution in [-0.2, 0) is 0 Å². The number of aliphatic hydroxyl groups is 1. The number of alkyl halides is 2. The first-order valence-electron chi connectivity index (χ1n) is 9.59. The molecule has 1 aliphatic heterocycles. The second-order valence-corrected chi connectivity index (χ2v) is 8.13. The number of carbonyl (C=O) groups is 1. The Hall–Kier alpha value is -1.89. The lowest BCUT2D eigenvalue weighted by molar-refractivity contribution is -0.0265. The highest BCUT2D eigenvalue weighted by Gasteiger charge is 2.45. The van der Waals surface area contributed by atoms with Gasteiger partial charge in [-0.25, -0.2) is 8.78 Å². The first-order chi connectivity index (χ1) is 12.8. The van der Waals surface area contributed by atoms with Gasteiger partial charge in [-0.1, -0.05) is 13.8 Å². The SMILES string of the molecule is CC(C)CC(CO)NC(=O)c1ccc(N2CC(F)(F)C2)c(OCC2CC2)c1. The lowest BCUT2D eigenvalue weighted by Gasteiger charge is -2.41. The summed E-state index contributed by atoms with van der Waals surface area (Å²) in [5.74, 6) is -1.65. The van der Waals surface area contributed by atoms with Crippen LogP contribution in [0.25, 0.3) is 0 Å². The second kappa shape index (κ2) is 8.00. The molecule has 1 unspecified atom stereocenters. The van der Waals surface area contributed by atoms with Gasteiger partial charge in [-0.3, -0.25) is 4.79 Å². The van der Waals surface area contributed by atoms with Gasteiger partial charge in [-0.2, -0.15) is 0 Å². The summed E-state index contributed by atoms with van der Waals surface area (Å²) in [7, 11) is 0. The number of anilines is 1. The Kier molecular flexibility index (Phi) is 5.89. The van der Waals surface area contributed by atoms with Crippen LogP contribution in [0.5, 0.6) is 5.75 Å². The van der Waals surface area contributed by atoms with Gasteiger partial charge in [0.25, 0.3) is 11.8 Å². The molecule has 150 valence electrons. The molecule has 1 amide bonds. The van der Waals surface area contributed by atoms with Crippen LogP contribution in [-0.4, -0.2) is 49.3 Å². The Bertz CT molecular complexity index is 669. The Morgan fingerprint density at radius 1 is 1.37 bits per heavy atom. The summed E-state index contributed by atoms with van der Waals surface area (Å²) < 4.78 is 32.4. The molecule has 1 aromatic carbocycles. The van der Waals surface area contributed by atoms with Crippen LogP contribution >= 0.6 is 0 Å². The minimum absolute atomic E-state index is 0.129. The number of benzene rings is 1. The van der Waals surface area contributed by atoms with Crippen molar-refractivity contribution in [2.24, 2.45) is 11.8 Å². The smallest absolute Gasteiger partial charge is 0.282 e. The number of hydrogen-bond donors (Lipinski definition) is 2. The summed E-state index contributed by atoms with van der Waals surface area (Å²) in [5, 5.41) is 12.3. The average molecular weight is 382 g/mol. The number of hydrogen-bond acceptors (Lipinski definition) is 4. The third-order valence-electron chi connectivity index (χ3n) is 4.89. The molecule has 2 N–H and O–H groups in total. The molecule has 0 bridgehead atoms. The standard InChI is InChI=1S/C20H28F2N2O3/c1-13(2)7-16(9-25)23-19(26)15-5-6-17(24-11-20(21,22)12-24)18(8-15)27-10-14-3-4-14/h5-6,8,13-14,16,25H,3-4,7,9-12H2,1-2H3,(H,23,26). The van der Waals surface area contributed by atoms with Gasteiger partial charge < -0.3 is 20.1 Å². The van der Waals surface area contributed by atoms with E-state index in [1.165, 1.54) is 0 Å². The number of nitrogens with one attached hydrogen (secondary N) is 1. The van der Waals surface area contributed by atoms with Crippen molar-refractivity contribution in [3.8, 4) is 5.75 Å². The average Bonchev–Trinajstić information content (AvgIpc) is 3.40. The summed E-state index contributed by atoms with van der Waals surface area (Å²) in [6.45, 7) is 3.79. The normalized spacial score (nSPS) is 19.6. The van der Waals surface area contributed by atoms with Crippen LogP contribution in [0.15, 0.2) is 18.2 Å². The number of aliphatic hydroxyl groups excluding tert-OH is 1. The molecule has 5 nitrogen and oxygen atoms in total. The van der Waals surface area contributed by atoms with Crippen molar-refractivity contribution in [3.63, 3.8) is 0 Å². The Morgan fingerprint density at radius 2 is 2.07 bits per heavy atom. The van der Waals surface area contributed by atoms with Gasteiger partial charge in [0.1, 0.15) is 5.75 Å². The van der Waals surface area contributed by atoms with Crippen molar-refractivity contribution < 1.29 is 23.4 Å². The van der Waals surface area contributed by atoms with Crippen molar-refractivity contribution in [2.45, 2.75) is 45.1 Å². The van der Waals surface area contributed by atoms with Gasteiger partial charge in [-0.15, -0.1) is 0 Å². The maximum absolute atomic E-state index is 13.3. The molecule has 2 fully saturated rings. The highest BCUT2D eigenvalue weighted by molar-refractivity contribution is 5.95. The summed E-state index contributed by atoms with van der Waals surface area (Å²) in [6, 6.07) is 4.59. The zero-order valence-electron chi connectivity index (χ0n) is 15.9. The number of carbonyl (C=O) groups excluding carboxylic acids is 1. The van der Waals surface area contributed by atoms with E-state index >= 15 is 0 Å². The fourth-order valence-electron chi connectivity index (χ4n) is 3.22.